The van der Waals surface area contributed by atoms with Crippen LogP contribution in [0.2, 0.25) is 10.0 Å². The van der Waals surface area contributed by atoms with Crippen molar-refractivity contribution in [2.75, 3.05) is 19.8 Å². The van der Waals surface area contributed by atoms with E-state index in [1.165, 1.54) is 0 Å². The Bertz CT molecular complexity index is 1080. The highest BCUT2D eigenvalue weighted by atomic mass is 35.5. The molecule has 1 aliphatic heterocycles. The SMILES string of the molecule is CCCN(C(=O)c1c(C)nn2c(-c3ccc(Cl)cc3Cl)c(C)oc12)C1CCOCC1. The molecule has 160 valence electrons. The van der Waals surface area contributed by atoms with Crippen LogP contribution in [0.15, 0.2) is 22.6 Å². The van der Waals surface area contributed by atoms with Crippen molar-refractivity contribution in [1.29, 1.82) is 0 Å². The van der Waals surface area contributed by atoms with Crippen molar-refractivity contribution in [3.05, 3.63) is 45.3 Å². The molecule has 1 amide bonds. The van der Waals surface area contributed by atoms with E-state index in [1.54, 1.807) is 16.6 Å². The Hall–Kier alpha value is -2.02. The second-order valence-electron chi connectivity index (χ2n) is 7.65. The number of nitrogens with zero attached hydrogens (tertiary/aromatic N) is 3. The molecule has 30 heavy (non-hydrogen) atoms. The molecule has 0 spiro atoms. The number of aryl methyl sites for hydroxylation is 2. The maximum Gasteiger partial charge on any atom is 0.261 e. The summed E-state index contributed by atoms with van der Waals surface area (Å²) in [7, 11) is 0. The van der Waals surface area contributed by atoms with Crippen LogP contribution in [0.3, 0.4) is 0 Å². The van der Waals surface area contributed by atoms with Crippen LogP contribution in [-0.4, -0.2) is 46.2 Å². The lowest BCUT2D eigenvalue weighted by Gasteiger charge is -2.34. The highest BCUT2D eigenvalue weighted by molar-refractivity contribution is 6.36. The Morgan fingerprint density at radius 3 is 2.67 bits per heavy atom. The third kappa shape index (κ3) is 3.72. The molecule has 1 aromatic carbocycles. The molecule has 0 atom stereocenters. The molecule has 0 bridgehead atoms. The van der Waals surface area contributed by atoms with Crippen molar-refractivity contribution in [2.45, 2.75) is 46.1 Å². The standard InChI is InChI=1S/C22H25Cl2N3O3/c1-4-9-26(16-7-10-29-11-8-16)21(28)19-13(2)25-27-20(14(3)30-22(19)27)17-6-5-15(23)12-18(17)24/h5-6,12,16H,4,7-11H2,1-3H3. The number of aromatic nitrogens is 2. The molecule has 3 aromatic rings. The van der Waals surface area contributed by atoms with Gasteiger partial charge < -0.3 is 14.1 Å². The molecule has 1 saturated heterocycles. The first kappa shape index (κ1) is 21.2. The highest BCUT2D eigenvalue weighted by Crippen LogP contribution is 2.36. The fraction of sp³-hybridized carbons (Fsp3) is 0.455. The van der Waals surface area contributed by atoms with Gasteiger partial charge in [-0.2, -0.15) is 9.61 Å². The molecule has 0 saturated carbocycles. The maximum atomic E-state index is 13.6. The van der Waals surface area contributed by atoms with E-state index in [4.69, 9.17) is 32.4 Å². The lowest BCUT2D eigenvalue weighted by atomic mass is 10.1. The van der Waals surface area contributed by atoms with Crippen LogP contribution >= 0.6 is 23.2 Å². The number of hydrogen-bond donors (Lipinski definition) is 0. The van der Waals surface area contributed by atoms with Crippen molar-refractivity contribution in [2.24, 2.45) is 0 Å². The van der Waals surface area contributed by atoms with Gasteiger partial charge in [0.15, 0.2) is 0 Å². The molecule has 1 aliphatic rings. The number of carbonyl (C=O) groups is 1. The van der Waals surface area contributed by atoms with Gasteiger partial charge in [0.05, 0.1) is 10.7 Å². The number of halogens is 2. The Morgan fingerprint density at radius 2 is 2.00 bits per heavy atom. The molecule has 2 aromatic heterocycles. The minimum absolute atomic E-state index is 0.0428. The molecule has 3 heterocycles. The molecular weight excluding hydrogens is 425 g/mol. The molecule has 6 nitrogen and oxygen atoms in total. The van der Waals surface area contributed by atoms with Crippen molar-refractivity contribution in [3.8, 4) is 11.3 Å². The molecule has 4 rings (SSSR count). The smallest absolute Gasteiger partial charge is 0.261 e. The Balaban J connectivity index is 1.80. The Labute approximate surface area is 185 Å². The van der Waals surface area contributed by atoms with Gasteiger partial charge in [-0.15, -0.1) is 0 Å². The van der Waals surface area contributed by atoms with Crippen LogP contribution in [0.25, 0.3) is 17.0 Å². The van der Waals surface area contributed by atoms with Crippen molar-refractivity contribution >= 4 is 34.8 Å². The third-order valence-corrected chi connectivity index (χ3v) is 6.12. The summed E-state index contributed by atoms with van der Waals surface area (Å²) < 4.78 is 13.2. The quantitative estimate of drug-likeness (QED) is 0.512. The van der Waals surface area contributed by atoms with E-state index in [0.717, 1.165) is 30.5 Å². The van der Waals surface area contributed by atoms with E-state index in [1.807, 2.05) is 24.8 Å². The van der Waals surface area contributed by atoms with Crippen LogP contribution in [0.1, 0.15) is 48.0 Å². The number of benzene rings is 1. The zero-order valence-electron chi connectivity index (χ0n) is 17.4. The van der Waals surface area contributed by atoms with Gasteiger partial charge in [0.25, 0.3) is 5.91 Å². The van der Waals surface area contributed by atoms with E-state index in [2.05, 4.69) is 12.0 Å². The number of hydrogen-bond acceptors (Lipinski definition) is 4. The van der Waals surface area contributed by atoms with Gasteiger partial charge in [0, 0.05) is 36.4 Å². The largest absolute Gasteiger partial charge is 0.440 e. The predicted molar refractivity (Wildman–Crippen MR) is 118 cm³/mol. The van der Waals surface area contributed by atoms with Crippen molar-refractivity contribution in [3.63, 3.8) is 0 Å². The molecular formula is C22H25Cl2N3O3. The van der Waals surface area contributed by atoms with Gasteiger partial charge in [-0.25, -0.2) is 0 Å². The topological polar surface area (TPSA) is 60.0 Å². The highest BCUT2D eigenvalue weighted by Gasteiger charge is 2.32. The number of carbonyl (C=O) groups excluding carboxylic acids is 1. The van der Waals surface area contributed by atoms with Gasteiger partial charge in [-0.3, -0.25) is 4.79 Å². The second-order valence-corrected chi connectivity index (χ2v) is 8.49. The molecule has 0 N–H and O–H groups in total. The summed E-state index contributed by atoms with van der Waals surface area (Å²) in [4.78, 5) is 15.6. The molecule has 0 unspecified atom stereocenters. The normalized spacial score (nSPS) is 15.1. The number of oxazole rings is 1. The van der Waals surface area contributed by atoms with Gasteiger partial charge in [-0.1, -0.05) is 30.1 Å². The van der Waals surface area contributed by atoms with E-state index in [-0.39, 0.29) is 11.9 Å². The van der Waals surface area contributed by atoms with Crippen LogP contribution in [-0.2, 0) is 4.74 Å². The number of ether oxygens (including phenoxy) is 1. The van der Waals surface area contributed by atoms with E-state index < -0.39 is 0 Å². The molecule has 0 radical (unpaired) electrons. The van der Waals surface area contributed by atoms with E-state index >= 15 is 0 Å². The summed E-state index contributed by atoms with van der Waals surface area (Å²) in [5, 5.41) is 5.70. The van der Waals surface area contributed by atoms with Gasteiger partial charge >= 0.3 is 0 Å². The van der Waals surface area contributed by atoms with Gasteiger partial charge in [0.1, 0.15) is 17.0 Å². The van der Waals surface area contributed by atoms with Crippen LogP contribution < -0.4 is 0 Å². The van der Waals surface area contributed by atoms with Gasteiger partial charge in [-0.05, 0) is 51.3 Å². The fourth-order valence-electron chi connectivity index (χ4n) is 4.16. The number of fused-ring (bicyclic) bond motifs is 1. The number of rotatable bonds is 5. The fourth-order valence-corrected chi connectivity index (χ4v) is 4.66. The first-order valence-corrected chi connectivity index (χ1v) is 11.0. The van der Waals surface area contributed by atoms with Crippen LogP contribution in [0.5, 0.6) is 0 Å². The summed E-state index contributed by atoms with van der Waals surface area (Å²) in [6.45, 7) is 7.82. The van der Waals surface area contributed by atoms with E-state index in [0.29, 0.717) is 52.5 Å². The van der Waals surface area contributed by atoms with Gasteiger partial charge in [0.2, 0.25) is 5.71 Å². The zero-order chi connectivity index (χ0) is 21.4. The predicted octanol–water partition coefficient (Wildman–Crippen LogP) is 5.55. The maximum absolute atomic E-state index is 13.6. The first-order chi connectivity index (χ1) is 14.4. The first-order valence-electron chi connectivity index (χ1n) is 10.2. The van der Waals surface area contributed by atoms with E-state index in [9.17, 15) is 4.79 Å². The summed E-state index contributed by atoms with van der Waals surface area (Å²) in [6, 6.07) is 5.47. The Morgan fingerprint density at radius 1 is 1.27 bits per heavy atom. The average molecular weight is 450 g/mol. The van der Waals surface area contributed by atoms with Crippen molar-refractivity contribution < 1.29 is 13.9 Å². The summed E-state index contributed by atoms with van der Waals surface area (Å²) in [6.07, 6.45) is 2.57. The summed E-state index contributed by atoms with van der Waals surface area (Å²) in [5.41, 5.74) is 3.08. The van der Waals surface area contributed by atoms with Crippen LogP contribution in [0.4, 0.5) is 0 Å². The minimum atomic E-state index is -0.0428. The molecule has 1 fully saturated rings. The third-order valence-electron chi connectivity index (χ3n) is 5.57. The summed E-state index contributed by atoms with van der Waals surface area (Å²) >= 11 is 12.5. The minimum Gasteiger partial charge on any atom is -0.440 e. The Kier molecular flexibility index (Phi) is 6.09. The zero-order valence-corrected chi connectivity index (χ0v) is 18.9. The summed E-state index contributed by atoms with van der Waals surface area (Å²) in [5.74, 6) is 0.600. The van der Waals surface area contributed by atoms with Crippen LogP contribution in [0, 0.1) is 13.8 Å². The lowest BCUT2D eigenvalue weighted by molar-refractivity contribution is 0.0290. The second kappa shape index (κ2) is 8.61. The molecule has 0 aliphatic carbocycles. The monoisotopic (exact) mass is 449 g/mol. The lowest BCUT2D eigenvalue weighted by Crippen LogP contribution is -2.44. The molecule has 8 heteroatoms. The average Bonchev–Trinajstić information content (AvgIpc) is 3.19. The van der Waals surface area contributed by atoms with Crippen molar-refractivity contribution in [1.82, 2.24) is 14.5 Å². The number of amides is 1.